The average molecular weight is 331 g/mol. The average Bonchev–Trinajstić information content (AvgIpc) is 3.15. The smallest absolute Gasteiger partial charge is 0.356 e. The third kappa shape index (κ3) is 2.59. The van der Waals surface area contributed by atoms with E-state index in [2.05, 4.69) is 16.3 Å². The summed E-state index contributed by atoms with van der Waals surface area (Å²) >= 11 is 6.23. The maximum Gasteiger partial charge on any atom is 0.356 e. The molecule has 3 aromatic rings. The molecule has 3 heterocycles. The van der Waals surface area contributed by atoms with E-state index in [0.717, 1.165) is 22.6 Å². The number of hydrogen-bond acceptors (Lipinski definition) is 3. The highest BCUT2D eigenvalue weighted by molar-refractivity contribution is 6.31. The van der Waals surface area contributed by atoms with Crippen LogP contribution in [0.15, 0.2) is 24.3 Å². The van der Waals surface area contributed by atoms with Crippen LogP contribution in [-0.4, -0.2) is 30.5 Å². The number of halogens is 1. The molecule has 7 heteroatoms. The van der Waals surface area contributed by atoms with Gasteiger partial charge < -0.3 is 5.11 Å². The molecule has 1 saturated carbocycles. The molecule has 0 spiro atoms. The first-order valence-electron chi connectivity index (χ1n) is 7.47. The van der Waals surface area contributed by atoms with Crippen LogP contribution in [0.4, 0.5) is 0 Å². The highest BCUT2D eigenvalue weighted by atomic mass is 35.5. The highest BCUT2D eigenvalue weighted by Gasteiger charge is 2.26. The van der Waals surface area contributed by atoms with Gasteiger partial charge in [0.05, 0.1) is 23.4 Å². The Morgan fingerprint density at radius 1 is 1.30 bits per heavy atom. The normalized spacial score (nSPS) is 14.5. The Balaban J connectivity index is 1.77. The summed E-state index contributed by atoms with van der Waals surface area (Å²) in [4.78, 5) is 11.1. The van der Waals surface area contributed by atoms with Crippen molar-refractivity contribution in [2.24, 2.45) is 0 Å². The van der Waals surface area contributed by atoms with Gasteiger partial charge in [0.1, 0.15) is 0 Å². The zero-order valence-corrected chi connectivity index (χ0v) is 13.3. The maximum absolute atomic E-state index is 11.1. The van der Waals surface area contributed by atoms with Crippen molar-refractivity contribution in [1.82, 2.24) is 19.4 Å². The van der Waals surface area contributed by atoms with Gasteiger partial charge in [-0.15, -0.1) is 0 Å². The van der Waals surface area contributed by atoms with Crippen LogP contribution in [0.25, 0.3) is 5.52 Å². The fourth-order valence-corrected chi connectivity index (χ4v) is 3.01. The Bertz CT molecular complexity index is 924. The number of aromatic carboxylic acids is 1. The van der Waals surface area contributed by atoms with Gasteiger partial charge in [0.15, 0.2) is 5.69 Å². The number of carboxylic acid groups (broad SMARTS) is 1. The van der Waals surface area contributed by atoms with Gasteiger partial charge in [-0.25, -0.2) is 9.31 Å². The molecular formula is C16H15ClN4O2. The van der Waals surface area contributed by atoms with Gasteiger partial charge in [0, 0.05) is 16.6 Å². The standard InChI is InChI=1S/C16H15ClN4O2/c1-9-4-15(16(22)23)18-20(9)8-13-6-11(17)5-12-7-14(10-2-3-10)19-21(12)13/h4-7,10H,2-3,8H2,1H3,(H,22,23). The minimum atomic E-state index is -1.03. The number of fused-ring (bicyclic) bond motifs is 1. The van der Waals surface area contributed by atoms with Crippen LogP contribution < -0.4 is 0 Å². The van der Waals surface area contributed by atoms with E-state index in [9.17, 15) is 4.79 Å². The molecular weight excluding hydrogens is 316 g/mol. The van der Waals surface area contributed by atoms with Gasteiger partial charge in [-0.1, -0.05) is 11.6 Å². The maximum atomic E-state index is 11.1. The first-order chi connectivity index (χ1) is 11.0. The third-order valence-electron chi connectivity index (χ3n) is 4.13. The zero-order valence-electron chi connectivity index (χ0n) is 12.5. The molecule has 0 aromatic carbocycles. The molecule has 3 aromatic heterocycles. The second-order valence-corrected chi connectivity index (χ2v) is 6.42. The second kappa shape index (κ2) is 5.09. The lowest BCUT2D eigenvalue weighted by molar-refractivity contribution is 0.0689. The van der Waals surface area contributed by atoms with Gasteiger partial charge in [0.25, 0.3) is 0 Å². The lowest BCUT2D eigenvalue weighted by atomic mass is 10.2. The van der Waals surface area contributed by atoms with E-state index in [1.165, 1.54) is 12.8 Å². The van der Waals surface area contributed by atoms with Crippen molar-refractivity contribution < 1.29 is 9.90 Å². The monoisotopic (exact) mass is 330 g/mol. The highest BCUT2D eigenvalue weighted by Crippen LogP contribution is 2.39. The van der Waals surface area contributed by atoms with Crippen LogP contribution in [0.5, 0.6) is 0 Å². The van der Waals surface area contributed by atoms with Crippen LogP contribution >= 0.6 is 11.6 Å². The number of rotatable bonds is 4. The van der Waals surface area contributed by atoms with Crippen molar-refractivity contribution in [3.05, 3.63) is 52.1 Å². The molecule has 1 fully saturated rings. The van der Waals surface area contributed by atoms with Crippen LogP contribution in [0.1, 0.15) is 46.3 Å². The van der Waals surface area contributed by atoms with Gasteiger partial charge >= 0.3 is 5.97 Å². The molecule has 4 rings (SSSR count). The van der Waals surface area contributed by atoms with Crippen molar-refractivity contribution in [1.29, 1.82) is 0 Å². The van der Waals surface area contributed by atoms with Gasteiger partial charge in [-0.05, 0) is 44.0 Å². The Morgan fingerprint density at radius 3 is 2.74 bits per heavy atom. The molecule has 0 bridgehead atoms. The van der Waals surface area contributed by atoms with Crippen molar-refractivity contribution in [2.75, 3.05) is 0 Å². The number of nitrogens with zero attached hydrogens (tertiary/aromatic N) is 4. The molecule has 1 aliphatic rings. The summed E-state index contributed by atoms with van der Waals surface area (Å²) < 4.78 is 3.54. The van der Waals surface area contributed by atoms with Crippen molar-refractivity contribution in [3.63, 3.8) is 0 Å². The first-order valence-corrected chi connectivity index (χ1v) is 7.85. The van der Waals surface area contributed by atoms with Crippen molar-refractivity contribution in [3.8, 4) is 0 Å². The van der Waals surface area contributed by atoms with E-state index in [-0.39, 0.29) is 5.69 Å². The minimum absolute atomic E-state index is 0.0416. The van der Waals surface area contributed by atoms with Crippen LogP contribution in [-0.2, 0) is 6.54 Å². The summed E-state index contributed by atoms with van der Waals surface area (Å²) in [6.07, 6.45) is 2.38. The van der Waals surface area contributed by atoms with Gasteiger partial charge in [-0.3, -0.25) is 4.68 Å². The Labute approximate surface area is 137 Å². The van der Waals surface area contributed by atoms with Crippen LogP contribution in [0.3, 0.4) is 0 Å². The molecule has 0 saturated heterocycles. The zero-order chi connectivity index (χ0) is 16.1. The Morgan fingerprint density at radius 2 is 2.09 bits per heavy atom. The van der Waals surface area contributed by atoms with Crippen molar-refractivity contribution in [2.45, 2.75) is 32.2 Å². The molecule has 1 aliphatic carbocycles. The lowest BCUT2D eigenvalue weighted by Crippen LogP contribution is -2.10. The number of hydrogen-bond donors (Lipinski definition) is 1. The number of aromatic nitrogens is 4. The van der Waals surface area contributed by atoms with E-state index in [1.54, 1.807) is 10.7 Å². The number of carbonyl (C=O) groups is 1. The predicted octanol–water partition coefficient (Wildman–Crippen LogP) is 3.12. The summed E-state index contributed by atoms with van der Waals surface area (Å²) in [6.45, 7) is 2.25. The van der Waals surface area contributed by atoms with E-state index < -0.39 is 5.97 Å². The molecule has 0 aliphatic heterocycles. The van der Waals surface area contributed by atoms with Crippen LogP contribution in [0, 0.1) is 6.92 Å². The molecule has 0 radical (unpaired) electrons. The molecule has 1 N–H and O–H groups in total. The molecule has 23 heavy (non-hydrogen) atoms. The van der Waals surface area contributed by atoms with Gasteiger partial charge in [-0.2, -0.15) is 10.2 Å². The summed E-state index contributed by atoms with van der Waals surface area (Å²) in [6, 6.07) is 7.37. The van der Waals surface area contributed by atoms with Crippen molar-refractivity contribution >= 4 is 23.1 Å². The second-order valence-electron chi connectivity index (χ2n) is 5.98. The Kier molecular flexibility index (Phi) is 3.16. The number of carboxylic acids is 1. The summed E-state index contributed by atoms with van der Waals surface area (Å²) in [7, 11) is 0. The minimum Gasteiger partial charge on any atom is -0.476 e. The van der Waals surface area contributed by atoms with E-state index in [0.29, 0.717) is 17.5 Å². The summed E-state index contributed by atoms with van der Waals surface area (Å²) in [5.41, 5.74) is 3.75. The Hall–Kier alpha value is -2.34. The van der Waals surface area contributed by atoms with E-state index >= 15 is 0 Å². The van der Waals surface area contributed by atoms with E-state index in [1.807, 2.05) is 23.6 Å². The molecule has 0 amide bonds. The molecule has 118 valence electrons. The first kappa shape index (κ1) is 14.3. The molecule has 6 nitrogen and oxygen atoms in total. The topological polar surface area (TPSA) is 72.4 Å². The SMILES string of the molecule is Cc1cc(C(=O)O)nn1Cc1cc(Cl)cc2cc(C3CC3)nn12. The van der Waals surface area contributed by atoms with Crippen LogP contribution in [0.2, 0.25) is 5.02 Å². The third-order valence-corrected chi connectivity index (χ3v) is 4.34. The molecule has 0 atom stereocenters. The fraction of sp³-hybridized carbons (Fsp3) is 0.312. The van der Waals surface area contributed by atoms with E-state index in [4.69, 9.17) is 16.7 Å². The fourth-order valence-electron chi connectivity index (χ4n) is 2.77. The van der Waals surface area contributed by atoms with Gasteiger partial charge in [0.2, 0.25) is 0 Å². The largest absolute Gasteiger partial charge is 0.476 e. The number of aryl methyl sites for hydroxylation is 1. The quantitative estimate of drug-likeness (QED) is 0.797. The predicted molar refractivity (Wildman–Crippen MR) is 85.2 cm³/mol. The summed E-state index contributed by atoms with van der Waals surface area (Å²) in [5, 5.41) is 18.5. The lowest BCUT2D eigenvalue weighted by Gasteiger charge is -2.08. The number of pyridine rings is 1. The summed E-state index contributed by atoms with van der Waals surface area (Å²) in [5.74, 6) is -0.468. The molecule has 0 unspecified atom stereocenters.